The maximum Gasteiger partial charge on any atom is 0.266 e. The molecule has 3 rings (SSSR count). The summed E-state index contributed by atoms with van der Waals surface area (Å²) in [4.78, 5) is 24.0. The number of para-hydroxylation sites is 1. The van der Waals surface area contributed by atoms with Crippen molar-refractivity contribution in [3.05, 3.63) is 29.3 Å². The Bertz CT molecular complexity index is 757. The average molecular weight is 336 g/mol. The molecule has 1 fully saturated rings. The van der Waals surface area contributed by atoms with Gasteiger partial charge < -0.3 is 5.32 Å². The lowest BCUT2D eigenvalue weighted by Crippen LogP contribution is -2.40. The minimum Gasteiger partial charge on any atom is -0.325 e. The van der Waals surface area contributed by atoms with Gasteiger partial charge in [-0.2, -0.15) is 0 Å². The van der Waals surface area contributed by atoms with Gasteiger partial charge in [0.05, 0.1) is 16.5 Å². The normalized spacial score (nSPS) is 24.0. The molecule has 1 aliphatic carbocycles. The number of fused-ring (bicyclic) bond motifs is 1. The van der Waals surface area contributed by atoms with E-state index in [4.69, 9.17) is 0 Å². The Morgan fingerprint density at radius 1 is 1.26 bits per heavy atom. The Balaban J connectivity index is 1.86. The van der Waals surface area contributed by atoms with E-state index in [9.17, 15) is 18.0 Å². The topological polar surface area (TPSA) is 92.3 Å². The van der Waals surface area contributed by atoms with Gasteiger partial charge in [-0.05, 0) is 36.8 Å². The lowest BCUT2D eigenvalue weighted by atomic mass is 9.99. The van der Waals surface area contributed by atoms with Gasteiger partial charge in [-0.15, -0.1) is 0 Å². The van der Waals surface area contributed by atoms with Crippen molar-refractivity contribution in [2.75, 3.05) is 5.32 Å². The first-order valence-corrected chi connectivity index (χ1v) is 9.41. The highest BCUT2D eigenvalue weighted by Crippen LogP contribution is 2.31. The fourth-order valence-corrected chi connectivity index (χ4v) is 5.17. The Hall–Kier alpha value is -1.89. The molecule has 6 nitrogen and oxygen atoms in total. The number of hydrogen-bond acceptors (Lipinski definition) is 4. The van der Waals surface area contributed by atoms with E-state index in [1.54, 1.807) is 6.07 Å². The number of nitrogens with one attached hydrogen (secondary N) is 2. The third-order valence-corrected chi connectivity index (χ3v) is 6.66. The molecule has 2 unspecified atom stereocenters. The zero-order valence-electron chi connectivity index (χ0n) is 13.0. The van der Waals surface area contributed by atoms with Crippen LogP contribution in [0.3, 0.4) is 0 Å². The van der Waals surface area contributed by atoms with Gasteiger partial charge in [0, 0.05) is 6.42 Å². The van der Waals surface area contributed by atoms with E-state index in [-0.39, 0.29) is 17.4 Å². The van der Waals surface area contributed by atoms with Crippen LogP contribution in [-0.2, 0) is 21.2 Å². The molecule has 7 heteroatoms. The Labute approximate surface area is 135 Å². The van der Waals surface area contributed by atoms with Crippen molar-refractivity contribution in [3.8, 4) is 0 Å². The zero-order valence-corrected chi connectivity index (χ0v) is 13.8. The molecular weight excluding hydrogens is 316 g/mol. The second kappa shape index (κ2) is 5.96. The summed E-state index contributed by atoms with van der Waals surface area (Å²) in [5.74, 6) is -0.794. The highest BCUT2D eigenvalue weighted by Gasteiger charge is 2.36. The van der Waals surface area contributed by atoms with E-state index in [0.29, 0.717) is 24.9 Å². The molecule has 2 amide bonds. The van der Waals surface area contributed by atoms with E-state index in [2.05, 4.69) is 10.0 Å². The Morgan fingerprint density at radius 3 is 2.74 bits per heavy atom. The molecule has 1 aromatic rings. The summed E-state index contributed by atoms with van der Waals surface area (Å²) in [6, 6.07) is 5.07. The number of rotatable bonds is 3. The van der Waals surface area contributed by atoms with Crippen LogP contribution in [0.5, 0.6) is 0 Å². The maximum atomic E-state index is 12.5. The largest absolute Gasteiger partial charge is 0.325 e. The van der Waals surface area contributed by atoms with Crippen LogP contribution in [0.15, 0.2) is 18.2 Å². The van der Waals surface area contributed by atoms with E-state index >= 15 is 0 Å². The molecular formula is C16H20N2O4S. The predicted molar refractivity (Wildman–Crippen MR) is 86.6 cm³/mol. The monoisotopic (exact) mass is 336 g/mol. The van der Waals surface area contributed by atoms with Crippen LogP contribution in [0.4, 0.5) is 5.69 Å². The zero-order chi connectivity index (χ0) is 16.6. The van der Waals surface area contributed by atoms with Gasteiger partial charge in [-0.1, -0.05) is 25.5 Å². The molecule has 2 N–H and O–H groups in total. The molecule has 1 aliphatic heterocycles. The first-order valence-electron chi connectivity index (χ1n) is 7.86. The second-order valence-electron chi connectivity index (χ2n) is 6.31. The molecule has 23 heavy (non-hydrogen) atoms. The summed E-state index contributed by atoms with van der Waals surface area (Å²) in [6.45, 7) is 1.89. The number of anilines is 1. The third-order valence-electron chi connectivity index (χ3n) is 4.70. The molecule has 124 valence electrons. The third kappa shape index (κ3) is 3.10. The molecule has 0 bridgehead atoms. The van der Waals surface area contributed by atoms with Crippen LogP contribution in [0, 0.1) is 5.92 Å². The van der Waals surface area contributed by atoms with Gasteiger partial charge >= 0.3 is 0 Å². The van der Waals surface area contributed by atoms with Crippen LogP contribution >= 0.6 is 0 Å². The summed E-state index contributed by atoms with van der Waals surface area (Å²) in [7, 11) is -3.71. The number of carbonyl (C=O) groups excluding carboxylic acids is 2. The lowest BCUT2D eigenvalue weighted by Gasteiger charge is -2.21. The molecule has 0 aromatic heterocycles. The van der Waals surface area contributed by atoms with Crippen molar-refractivity contribution in [1.82, 2.24) is 4.72 Å². The maximum absolute atomic E-state index is 12.5. The number of aryl methyl sites for hydroxylation is 1. The van der Waals surface area contributed by atoms with Crippen molar-refractivity contribution in [1.29, 1.82) is 0 Å². The Kier molecular flexibility index (Phi) is 4.14. The van der Waals surface area contributed by atoms with Crippen molar-refractivity contribution in [3.63, 3.8) is 0 Å². The SMILES string of the molecule is CC1CCCC1S(=O)(=O)NC(=O)c1cccc2c1NC(=O)CC2. The average Bonchev–Trinajstić information content (AvgIpc) is 2.93. The summed E-state index contributed by atoms with van der Waals surface area (Å²) < 4.78 is 27.1. The lowest BCUT2D eigenvalue weighted by molar-refractivity contribution is -0.116. The van der Waals surface area contributed by atoms with Gasteiger partial charge in [-0.3, -0.25) is 9.59 Å². The Morgan fingerprint density at radius 2 is 2.04 bits per heavy atom. The fraction of sp³-hybridized carbons (Fsp3) is 0.500. The summed E-state index contributed by atoms with van der Waals surface area (Å²) in [5.41, 5.74) is 1.48. The standard InChI is InChI=1S/C16H20N2O4S/c1-10-4-2-7-13(10)23(21,22)18-16(20)12-6-3-5-11-8-9-14(19)17-15(11)12/h3,5-6,10,13H,2,4,7-9H2,1H3,(H,17,19)(H,18,20). The first-order chi connectivity index (χ1) is 10.9. The minimum atomic E-state index is -3.71. The van der Waals surface area contributed by atoms with E-state index in [0.717, 1.165) is 18.4 Å². The van der Waals surface area contributed by atoms with Crippen LogP contribution in [-0.4, -0.2) is 25.5 Å². The summed E-state index contributed by atoms with van der Waals surface area (Å²) >= 11 is 0. The van der Waals surface area contributed by atoms with Gasteiger partial charge in [0.25, 0.3) is 5.91 Å². The minimum absolute atomic E-state index is 0.0460. The second-order valence-corrected chi connectivity index (χ2v) is 8.21. The van der Waals surface area contributed by atoms with E-state index < -0.39 is 21.2 Å². The molecule has 0 saturated heterocycles. The van der Waals surface area contributed by atoms with E-state index in [1.807, 2.05) is 13.0 Å². The van der Waals surface area contributed by atoms with Crippen molar-refractivity contribution < 1.29 is 18.0 Å². The molecule has 1 heterocycles. The van der Waals surface area contributed by atoms with Gasteiger partial charge in [0.1, 0.15) is 0 Å². The van der Waals surface area contributed by atoms with Crippen molar-refractivity contribution in [2.45, 2.75) is 44.3 Å². The highest BCUT2D eigenvalue weighted by atomic mass is 32.2. The fourth-order valence-electron chi connectivity index (χ4n) is 3.43. The van der Waals surface area contributed by atoms with Crippen molar-refractivity contribution >= 4 is 27.5 Å². The number of amides is 2. The van der Waals surface area contributed by atoms with Gasteiger partial charge in [0.15, 0.2) is 0 Å². The highest BCUT2D eigenvalue weighted by molar-refractivity contribution is 7.90. The van der Waals surface area contributed by atoms with Gasteiger partial charge in [0.2, 0.25) is 15.9 Å². The van der Waals surface area contributed by atoms with Crippen LogP contribution < -0.4 is 10.0 Å². The molecule has 2 aliphatic rings. The number of benzene rings is 1. The molecule has 2 atom stereocenters. The van der Waals surface area contributed by atoms with Crippen LogP contribution in [0.1, 0.15) is 48.5 Å². The summed E-state index contributed by atoms with van der Waals surface area (Å²) in [5, 5.41) is 2.15. The molecule has 1 aromatic carbocycles. The predicted octanol–water partition coefficient (Wildman–Crippen LogP) is 1.82. The number of carbonyl (C=O) groups is 2. The molecule has 1 saturated carbocycles. The van der Waals surface area contributed by atoms with Crippen LogP contribution in [0.25, 0.3) is 0 Å². The summed E-state index contributed by atoms with van der Waals surface area (Å²) in [6.07, 6.45) is 3.21. The van der Waals surface area contributed by atoms with Crippen molar-refractivity contribution in [2.24, 2.45) is 5.92 Å². The number of sulfonamides is 1. The first kappa shape index (κ1) is 16.0. The van der Waals surface area contributed by atoms with Gasteiger partial charge in [-0.25, -0.2) is 13.1 Å². The molecule has 0 radical (unpaired) electrons. The van der Waals surface area contributed by atoms with Crippen LogP contribution in [0.2, 0.25) is 0 Å². The number of hydrogen-bond donors (Lipinski definition) is 2. The molecule has 0 spiro atoms. The van der Waals surface area contributed by atoms with E-state index in [1.165, 1.54) is 6.07 Å². The quantitative estimate of drug-likeness (QED) is 0.880. The smallest absolute Gasteiger partial charge is 0.266 e.